The molecule has 21 heavy (non-hydrogen) atoms. The third-order valence-corrected chi connectivity index (χ3v) is 3.05. The number of nitrogens with zero attached hydrogens (tertiary/aromatic N) is 1. The highest BCUT2D eigenvalue weighted by Gasteiger charge is 2.07. The van der Waals surface area contributed by atoms with Crippen LogP contribution in [0.1, 0.15) is 21.7 Å². The van der Waals surface area contributed by atoms with E-state index < -0.39 is 0 Å². The Hall–Kier alpha value is -2.29. The first kappa shape index (κ1) is 15.1. The fraction of sp³-hybridized carbons (Fsp3) is 0.200. The zero-order valence-corrected chi connectivity index (χ0v) is 11.9. The molecule has 0 fully saturated rings. The van der Waals surface area contributed by atoms with Crippen molar-refractivity contribution in [3.63, 3.8) is 0 Å². The van der Waals surface area contributed by atoms with Gasteiger partial charge < -0.3 is 15.4 Å². The van der Waals surface area contributed by atoms with Crippen LogP contribution in [0.3, 0.4) is 0 Å². The number of benzene rings is 1. The fourth-order valence-corrected chi connectivity index (χ4v) is 1.95. The highest BCUT2D eigenvalue weighted by Crippen LogP contribution is 2.17. The predicted molar refractivity (Wildman–Crippen MR) is 80.0 cm³/mol. The lowest BCUT2D eigenvalue weighted by Gasteiger charge is -2.05. The van der Waals surface area contributed by atoms with Crippen molar-refractivity contribution in [2.75, 3.05) is 13.2 Å². The normalized spacial score (nSPS) is 9.81. The monoisotopic (exact) mass is 303 g/mol. The van der Waals surface area contributed by atoms with Crippen LogP contribution in [0.4, 0.5) is 0 Å². The van der Waals surface area contributed by atoms with Gasteiger partial charge in [0.25, 0.3) is 5.91 Å². The number of amides is 1. The minimum Gasteiger partial charge on any atom is -0.384 e. The van der Waals surface area contributed by atoms with Gasteiger partial charge in [0.2, 0.25) is 0 Å². The summed E-state index contributed by atoms with van der Waals surface area (Å²) < 4.78 is 0. The average Bonchev–Trinajstić information content (AvgIpc) is 2.99. The quantitative estimate of drug-likeness (QED) is 0.747. The molecule has 5 nitrogen and oxygen atoms in total. The fourth-order valence-electron chi connectivity index (χ4n) is 1.72. The summed E-state index contributed by atoms with van der Waals surface area (Å²) in [4.78, 5) is 19.0. The molecule has 0 unspecified atom stereocenters. The Balaban J connectivity index is 1.94. The van der Waals surface area contributed by atoms with Crippen LogP contribution < -0.4 is 5.32 Å². The average molecular weight is 304 g/mol. The van der Waals surface area contributed by atoms with E-state index in [0.29, 0.717) is 29.1 Å². The Morgan fingerprint density at radius 1 is 1.48 bits per heavy atom. The van der Waals surface area contributed by atoms with Gasteiger partial charge in [-0.15, -0.1) is 0 Å². The van der Waals surface area contributed by atoms with Gasteiger partial charge in [0.1, 0.15) is 12.4 Å². The second-order valence-corrected chi connectivity index (χ2v) is 4.60. The van der Waals surface area contributed by atoms with E-state index in [1.807, 2.05) is 0 Å². The van der Waals surface area contributed by atoms with E-state index in [1.54, 1.807) is 30.6 Å². The van der Waals surface area contributed by atoms with Gasteiger partial charge in [-0.1, -0.05) is 23.4 Å². The highest BCUT2D eigenvalue weighted by atomic mass is 35.5. The number of hydrogen-bond acceptors (Lipinski definition) is 3. The first-order chi connectivity index (χ1) is 10.2. The van der Waals surface area contributed by atoms with Crippen LogP contribution >= 0.6 is 11.6 Å². The zero-order valence-electron chi connectivity index (χ0n) is 11.2. The third kappa shape index (κ3) is 4.35. The van der Waals surface area contributed by atoms with E-state index in [-0.39, 0.29) is 12.5 Å². The number of aromatic nitrogens is 2. The lowest BCUT2D eigenvalue weighted by molar-refractivity contribution is 0.0954. The smallest absolute Gasteiger partial charge is 0.251 e. The van der Waals surface area contributed by atoms with Crippen molar-refractivity contribution in [3.8, 4) is 11.8 Å². The van der Waals surface area contributed by atoms with E-state index in [1.165, 1.54) is 0 Å². The Bertz CT molecular complexity index is 672. The van der Waals surface area contributed by atoms with Crippen molar-refractivity contribution in [2.24, 2.45) is 0 Å². The molecule has 0 radical (unpaired) electrons. The number of hydrogen-bond donors (Lipinski definition) is 3. The first-order valence-corrected chi connectivity index (χ1v) is 6.74. The lowest BCUT2D eigenvalue weighted by Crippen LogP contribution is -2.25. The van der Waals surface area contributed by atoms with Crippen LogP contribution in [0, 0.1) is 11.8 Å². The number of carbonyl (C=O) groups excluding carboxylic acids is 1. The molecule has 0 aliphatic rings. The maximum absolute atomic E-state index is 12.0. The number of nitrogens with one attached hydrogen (secondary N) is 2. The molecule has 0 spiro atoms. The molecule has 0 bridgehead atoms. The molecule has 2 aromatic rings. The molecule has 0 saturated carbocycles. The zero-order chi connectivity index (χ0) is 15.1. The van der Waals surface area contributed by atoms with Gasteiger partial charge >= 0.3 is 0 Å². The number of aliphatic hydroxyl groups excluding tert-OH is 1. The predicted octanol–water partition coefficient (Wildman–Crippen LogP) is 1.38. The van der Waals surface area contributed by atoms with Gasteiger partial charge in [-0.3, -0.25) is 4.79 Å². The summed E-state index contributed by atoms with van der Waals surface area (Å²) in [6.45, 7) is 0.251. The number of aromatic amines is 1. The maximum atomic E-state index is 12.0. The first-order valence-electron chi connectivity index (χ1n) is 6.36. The van der Waals surface area contributed by atoms with E-state index in [9.17, 15) is 4.79 Å². The van der Waals surface area contributed by atoms with Gasteiger partial charge in [-0.25, -0.2) is 4.98 Å². The van der Waals surface area contributed by atoms with Crippen molar-refractivity contribution in [1.29, 1.82) is 0 Å². The van der Waals surface area contributed by atoms with E-state index in [4.69, 9.17) is 16.7 Å². The number of halogens is 1. The SMILES string of the molecule is O=C(NCCc1ncc[nH]1)c1ccc(C#CCO)c(Cl)c1. The number of rotatable bonds is 4. The van der Waals surface area contributed by atoms with Gasteiger partial charge in [-0.05, 0) is 18.2 Å². The Labute approximate surface area is 127 Å². The molecule has 6 heteroatoms. The Morgan fingerprint density at radius 3 is 3.00 bits per heavy atom. The van der Waals surface area contributed by atoms with Gasteiger partial charge in [0.05, 0.1) is 5.02 Å². The van der Waals surface area contributed by atoms with Crippen molar-refractivity contribution in [3.05, 3.63) is 52.6 Å². The summed E-state index contributed by atoms with van der Waals surface area (Å²) >= 11 is 6.05. The molecular weight excluding hydrogens is 290 g/mol. The molecule has 1 heterocycles. The number of H-pyrrole nitrogens is 1. The molecule has 1 amide bonds. The third-order valence-electron chi connectivity index (χ3n) is 2.74. The van der Waals surface area contributed by atoms with E-state index in [0.717, 1.165) is 5.82 Å². The van der Waals surface area contributed by atoms with E-state index >= 15 is 0 Å². The largest absolute Gasteiger partial charge is 0.384 e. The topological polar surface area (TPSA) is 78.0 Å². The lowest BCUT2D eigenvalue weighted by atomic mass is 10.1. The second kappa shape index (κ2) is 7.48. The Kier molecular flexibility index (Phi) is 5.38. The molecule has 0 saturated heterocycles. The van der Waals surface area contributed by atoms with Gasteiger partial charge in [-0.2, -0.15) is 0 Å². The summed E-state index contributed by atoms with van der Waals surface area (Å²) in [5.74, 6) is 5.85. The van der Waals surface area contributed by atoms with Crippen molar-refractivity contribution < 1.29 is 9.90 Å². The van der Waals surface area contributed by atoms with Crippen molar-refractivity contribution in [1.82, 2.24) is 15.3 Å². The molecular formula is C15H14ClN3O2. The van der Waals surface area contributed by atoms with E-state index in [2.05, 4.69) is 27.1 Å². The minimum atomic E-state index is -0.231. The molecule has 3 N–H and O–H groups in total. The molecule has 1 aromatic carbocycles. The van der Waals surface area contributed by atoms with Crippen molar-refractivity contribution >= 4 is 17.5 Å². The molecule has 1 aromatic heterocycles. The van der Waals surface area contributed by atoms with Crippen LogP contribution in [-0.2, 0) is 6.42 Å². The summed E-state index contributed by atoms with van der Waals surface area (Å²) in [6.07, 6.45) is 4.04. The summed E-state index contributed by atoms with van der Waals surface area (Å²) in [7, 11) is 0. The standard InChI is InChI=1S/C15H14ClN3O2/c16-13-10-12(4-3-11(13)2-1-9-20)15(21)19-6-5-14-17-7-8-18-14/h3-4,7-8,10,20H,5-6,9H2,(H,17,18)(H,19,21). The second-order valence-electron chi connectivity index (χ2n) is 4.20. The number of aliphatic hydroxyl groups is 1. The minimum absolute atomic E-state index is 0.204. The number of carbonyl (C=O) groups is 1. The molecule has 0 aliphatic carbocycles. The molecule has 2 rings (SSSR count). The summed E-state index contributed by atoms with van der Waals surface area (Å²) in [5, 5.41) is 11.8. The highest BCUT2D eigenvalue weighted by molar-refractivity contribution is 6.32. The summed E-state index contributed by atoms with van der Waals surface area (Å²) in [6, 6.07) is 4.87. The van der Waals surface area contributed by atoms with Gasteiger partial charge in [0.15, 0.2) is 0 Å². The van der Waals surface area contributed by atoms with Crippen molar-refractivity contribution in [2.45, 2.75) is 6.42 Å². The number of imidazole rings is 1. The molecule has 0 atom stereocenters. The maximum Gasteiger partial charge on any atom is 0.251 e. The molecule has 108 valence electrons. The van der Waals surface area contributed by atoms with Crippen LogP contribution in [0.5, 0.6) is 0 Å². The Morgan fingerprint density at radius 2 is 2.33 bits per heavy atom. The van der Waals surface area contributed by atoms with Crippen LogP contribution in [0.25, 0.3) is 0 Å². The van der Waals surface area contributed by atoms with Gasteiger partial charge in [0, 0.05) is 36.5 Å². The summed E-state index contributed by atoms with van der Waals surface area (Å²) in [5.41, 5.74) is 1.05. The van der Waals surface area contributed by atoms with Crippen LogP contribution in [0.15, 0.2) is 30.6 Å². The van der Waals surface area contributed by atoms with Crippen LogP contribution in [0.2, 0.25) is 5.02 Å². The van der Waals surface area contributed by atoms with Crippen LogP contribution in [-0.4, -0.2) is 34.1 Å². The molecule has 0 aliphatic heterocycles.